The van der Waals surface area contributed by atoms with Gasteiger partial charge in [0.15, 0.2) is 0 Å². The van der Waals surface area contributed by atoms with Crippen LogP contribution in [-0.2, 0) is 16.1 Å². The molecule has 4 rings (SSSR count). The van der Waals surface area contributed by atoms with Crippen molar-refractivity contribution in [3.05, 3.63) is 111 Å². The van der Waals surface area contributed by atoms with Gasteiger partial charge >= 0.3 is 0 Å². The largest absolute Gasteiger partial charge is 0.507 e. The van der Waals surface area contributed by atoms with Crippen LogP contribution in [0, 0.1) is 17.0 Å². The van der Waals surface area contributed by atoms with Gasteiger partial charge in [-0.3, -0.25) is 24.7 Å². The average Bonchev–Trinajstić information content (AvgIpc) is 3.05. The van der Waals surface area contributed by atoms with Crippen molar-refractivity contribution in [3.63, 3.8) is 0 Å². The molecule has 8 heteroatoms. The number of carbonyl (C=O) groups excluding carboxylic acids is 2. The number of nitro benzene ring substituents is 1. The molecule has 1 saturated heterocycles. The van der Waals surface area contributed by atoms with E-state index in [9.17, 15) is 24.8 Å². The molecule has 0 aliphatic carbocycles. The van der Waals surface area contributed by atoms with Crippen molar-refractivity contribution < 1.29 is 19.6 Å². The van der Waals surface area contributed by atoms with Gasteiger partial charge in [0.05, 0.1) is 16.5 Å². The van der Waals surface area contributed by atoms with Crippen LogP contribution in [-0.4, -0.2) is 31.6 Å². The summed E-state index contributed by atoms with van der Waals surface area (Å²) in [5.41, 5.74) is 2.39. The van der Waals surface area contributed by atoms with E-state index >= 15 is 0 Å². The summed E-state index contributed by atoms with van der Waals surface area (Å²) in [6, 6.07) is 15.1. The van der Waals surface area contributed by atoms with Gasteiger partial charge in [-0.05, 0) is 36.2 Å². The number of benzene rings is 2. The number of Topliss-reactive ketones (excluding diaryl/α,β-unsaturated/α-hetero) is 1. The summed E-state index contributed by atoms with van der Waals surface area (Å²) >= 11 is 0. The van der Waals surface area contributed by atoms with Crippen molar-refractivity contribution in [2.45, 2.75) is 19.5 Å². The molecule has 0 saturated carbocycles. The molecule has 0 radical (unpaired) electrons. The molecule has 1 fully saturated rings. The number of pyridine rings is 1. The fourth-order valence-corrected chi connectivity index (χ4v) is 3.72. The van der Waals surface area contributed by atoms with Gasteiger partial charge in [0.2, 0.25) is 0 Å². The number of hydrogen-bond donors (Lipinski definition) is 1. The number of aliphatic hydroxyl groups is 1. The molecule has 1 amide bonds. The minimum atomic E-state index is -0.905. The molecule has 2 aromatic carbocycles. The molecule has 32 heavy (non-hydrogen) atoms. The topological polar surface area (TPSA) is 114 Å². The van der Waals surface area contributed by atoms with Gasteiger partial charge in [0.1, 0.15) is 5.76 Å². The normalized spacial score (nSPS) is 17.5. The van der Waals surface area contributed by atoms with E-state index in [1.165, 1.54) is 29.2 Å². The van der Waals surface area contributed by atoms with Crippen molar-refractivity contribution >= 4 is 23.1 Å². The number of nitrogens with zero attached hydrogens (tertiary/aromatic N) is 3. The molecule has 0 spiro atoms. The molecule has 1 atom stereocenters. The van der Waals surface area contributed by atoms with Crippen LogP contribution in [0.3, 0.4) is 0 Å². The summed E-state index contributed by atoms with van der Waals surface area (Å²) in [6.07, 6.45) is 3.19. The highest BCUT2D eigenvalue weighted by Crippen LogP contribution is 2.40. The van der Waals surface area contributed by atoms with Crippen LogP contribution in [0.5, 0.6) is 0 Å². The highest BCUT2D eigenvalue weighted by molar-refractivity contribution is 6.46. The molecule has 1 unspecified atom stereocenters. The zero-order chi connectivity index (χ0) is 22.8. The van der Waals surface area contributed by atoms with Crippen LogP contribution in [0.15, 0.2) is 78.6 Å². The van der Waals surface area contributed by atoms with Crippen LogP contribution >= 0.6 is 0 Å². The minimum Gasteiger partial charge on any atom is -0.507 e. The van der Waals surface area contributed by atoms with Gasteiger partial charge in [0.25, 0.3) is 17.4 Å². The number of carbonyl (C=O) groups is 2. The maximum Gasteiger partial charge on any atom is 0.295 e. The Morgan fingerprint density at radius 2 is 1.78 bits per heavy atom. The van der Waals surface area contributed by atoms with E-state index in [-0.39, 0.29) is 23.6 Å². The smallest absolute Gasteiger partial charge is 0.295 e. The summed E-state index contributed by atoms with van der Waals surface area (Å²) < 4.78 is 0. The van der Waals surface area contributed by atoms with Crippen LogP contribution in [0.4, 0.5) is 5.69 Å². The second-order valence-corrected chi connectivity index (χ2v) is 7.50. The predicted molar refractivity (Wildman–Crippen MR) is 116 cm³/mol. The maximum absolute atomic E-state index is 13.0. The molecule has 1 aliphatic heterocycles. The Kier molecular flexibility index (Phi) is 5.51. The van der Waals surface area contributed by atoms with Crippen LogP contribution in [0.1, 0.15) is 28.3 Å². The number of hydrogen-bond acceptors (Lipinski definition) is 6. The molecular weight excluding hydrogens is 410 g/mol. The van der Waals surface area contributed by atoms with E-state index in [1.54, 1.807) is 48.8 Å². The van der Waals surface area contributed by atoms with Crippen molar-refractivity contribution in [1.82, 2.24) is 9.88 Å². The van der Waals surface area contributed by atoms with E-state index in [0.717, 1.165) is 5.56 Å². The Hall–Kier alpha value is -4.33. The summed E-state index contributed by atoms with van der Waals surface area (Å²) in [4.78, 5) is 41.9. The number of aryl methyl sites for hydroxylation is 1. The zero-order valence-electron chi connectivity index (χ0n) is 17.1. The van der Waals surface area contributed by atoms with Crippen molar-refractivity contribution in [1.29, 1.82) is 0 Å². The second-order valence-electron chi connectivity index (χ2n) is 7.50. The van der Waals surface area contributed by atoms with Gasteiger partial charge in [-0.1, -0.05) is 35.9 Å². The summed E-state index contributed by atoms with van der Waals surface area (Å²) in [5, 5.41) is 22.1. The van der Waals surface area contributed by atoms with Crippen molar-refractivity contribution in [2.75, 3.05) is 0 Å². The molecule has 0 bridgehead atoms. The first-order valence-electron chi connectivity index (χ1n) is 9.85. The van der Waals surface area contributed by atoms with Crippen LogP contribution in [0.2, 0.25) is 0 Å². The molecule has 8 nitrogen and oxygen atoms in total. The van der Waals surface area contributed by atoms with E-state index in [4.69, 9.17) is 0 Å². The molecule has 2 heterocycles. The third-order valence-electron chi connectivity index (χ3n) is 5.36. The van der Waals surface area contributed by atoms with Gasteiger partial charge < -0.3 is 10.0 Å². The number of likely N-dealkylation sites (tertiary alicyclic amines) is 1. The molecule has 1 aliphatic rings. The third-order valence-corrected chi connectivity index (χ3v) is 5.36. The van der Waals surface area contributed by atoms with Gasteiger partial charge in [-0.25, -0.2) is 0 Å². The number of aliphatic hydroxyl groups excluding tert-OH is 1. The molecular formula is C24H19N3O5. The van der Waals surface area contributed by atoms with E-state index < -0.39 is 22.7 Å². The quantitative estimate of drug-likeness (QED) is 0.216. The SMILES string of the molecule is Cc1ccc(/C(O)=C2\C(=O)C(=O)N(Cc3cccnc3)C2c2ccc([N+](=O)[O-])cc2)cc1. The van der Waals surface area contributed by atoms with Crippen LogP contribution in [0.25, 0.3) is 5.76 Å². The van der Waals surface area contributed by atoms with E-state index in [1.807, 2.05) is 6.92 Å². The lowest BCUT2D eigenvalue weighted by Gasteiger charge is -2.25. The van der Waals surface area contributed by atoms with E-state index in [0.29, 0.717) is 16.7 Å². The molecule has 1 aromatic heterocycles. The zero-order valence-corrected chi connectivity index (χ0v) is 17.1. The number of nitro groups is 1. The summed E-state index contributed by atoms with van der Waals surface area (Å²) in [5.74, 6) is -1.86. The Bertz CT molecular complexity index is 1220. The van der Waals surface area contributed by atoms with Gasteiger partial charge in [-0.15, -0.1) is 0 Å². The summed E-state index contributed by atoms with van der Waals surface area (Å²) in [7, 11) is 0. The third kappa shape index (κ3) is 3.85. The highest BCUT2D eigenvalue weighted by Gasteiger charge is 2.46. The van der Waals surface area contributed by atoms with Gasteiger partial charge in [0, 0.05) is 36.6 Å². The maximum atomic E-state index is 13.0. The number of aromatic nitrogens is 1. The van der Waals surface area contributed by atoms with Crippen molar-refractivity contribution in [2.24, 2.45) is 0 Å². The Balaban J connectivity index is 1.85. The fourth-order valence-electron chi connectivity index (χ4n) is 3.72. The summed E-state index contributed by atoms with van der Waals surface area (Å²) in [6.45, 7) is 1.98. The standard InChI is InChI=1S/C24H19N3O5/c1-15-4-6-18(7-5-15)22(28)20-21(17-8-10-19(11-9-17)27(31)32)26(24(30)23(20)29)14-16-3-2-12-25-13-16/h2-13,21,28H,14H2,1H3/b22-20+. The first-order chi connectivity index (χ1) is 15.4. The lowest BCUT2D eigenvalue weighted by atomic mass is 9.95. The van der Waals surface area contributed by atoms with Crippen LogP contribution < -0.4 is 0 Å². The average molecular weight is 429 g/mol. The number of amides is 1. The van der Waals surface area contributed by atoms with Gasteiger partial charge in [-0.2, -0.15) is 0 Å². The molecule has 1 N–H and O–H groups in total. The second kappa shape index (κ2) is 8.43. The highest BCUT2D eigenvalue weighted by atomic mass is 16.6. The minimum absolute atomic E-state index is 0.0587. The Morgan fingerprint density at radius 3 is 2.38 bits per heavy atom. The Labute approximate surface area is 183 Å². The first kappa shape index (κ1) is 20.9. The van der Waals surface area contributed by atoms with E-state index in [2.05, 4.69) is 4.98 Å². The molecule has 160 valence electrons. The predicted octanol–water partition coefficient (Wildman–Crippen LogP) is 3.92. The first-order valence-corrected chi connectivity index (χ1v) is 9.85. The lowest BCUT2D eigenvalue weighted by molar-refractivity contribution is -0.384. The lowest BCUT2D eigenvalue weighted by Crippen LogP contribution is -2.29. The number of rotatable bonds is 5. The Morgan fingerprint density at radius 1 is 1.09 bits per heavy atom. The fraction of sp³-hybridized carbons (Fsp3) is 0.125. The monoisotopic (exact) mass is 429 g/mol. The van der Waals surface area contributed by atoms with Crippen molar-refractivity contribution in [3.8, 4) is 0 Å². The number of non-ortho nitro benzene ring substituents is 1. The number of ketones is 1. The molecule has 3 aromatic rings.